The molecular formula is C18H17F2N3O3. The molecular weight excluding hydrogens is 344 g/mol. The number of hydrogen-bond acceptors (Lipinski definition) is 3. The number of hydrogen-bond donors (Lipinski definition) is 2. The molecule has 6 nitrogen and oxygen atoms in total. The van der Waals surface area contributed by atoms with Gasteiger partial charge in [-0.2, -0.15) is 0 Å². The van der Waals surface area contributed by atoms with E-state index in [0.717, 1.165) is 12.1 Å². The van der Waals surface area contributed by atoms with Gasteiger partial charge in [0.15, 0.2) is 11.6 Å². The number of amides is 3. The van der Waals surface area contributed by atoms with Crippen LogP contribution in [0.3, 0.4) is 0 Å². The van der Waals surface area contributed by atoms with E-state index in [2.05, 4.69) is 10.6 Å². The number of nitrogens with zero attached hydrogens (tertiary/aromatic N) is 1. The van der Waals surface area contributed by atoms with E-state index in [-0.39, 0.29) is 18.0 Å². The van der Waals surface area contributed by atoms with Gasteiger partial charge < -0.3 is 20.3 Å². The topological polar surface area (TPSA) is 70.7 Å². The molecule has 3 rings (SSSR count). The summed E-state index contributed by atoms with van der Waals surface area (Å²) in [5, 5.41) is 5.08. The third-order valence-corrected chi connectivity index (χ3v) is 4.02. The predicted molar refractivity (Wildman–Crippen MR) is 92.3 cm³/mol. The zero-order valence-corrected chi connectivity index (χ0v) is 14.0. The molecule has 26 heavy (non-hydrogen) atoms. The first-order valence-electron chi connectivity index (χ1n) is 7.93. The van der Waals surface area contributed by atoms with Gasteiger partial charge in [-0.3, -0.25) is 4.79 Å². The highest BCUT2D eigenvalue weighted by atomic mass is 19.2. The van der Waals surface area contributed by atoms with Gasteiger partial charge in [-0.1, -0.05) is 0 Å². The molecule has 0 bridgehead atoms. The Morgan fingerprint density at radius 1 is 1.15 bits per heavy atom. The SMILES string of the molecule is COc1ccc(N2C[C@H](NC(=O)Nc3ccc(F)c(F)c3)CC2=O)cc1. The molecule has 0 saturated carbocycles. The molecule has 2 N–H and O–H groups in total. The van der Waals surface area contributed by atoms with Crippen molar-refractivity contribution in [2.75, 3.05) is 23.9 Å². The van der Waals surface area contributed by atoms with Crippen LogP contribution in [0.5, 0.6) is 5.75 Å². The summed E-state index contributed by atoms with van der Waals surface area (Å²) in [6, 6.07) is 9.11. The minimum atomic E-state index is -1.05. The lowest BCUT2D eigenvalue weighted by Gasteiger charge is -2.17. The van der Waals surface area contributed by atoms with Gasteiger partial charge in [-0.15, -0.1) is 0 Å². The van der Waals surface area contributed by atoms with Gasteiger partial charge in [0.25, 0.3) is 0 Å². The van der Waals surface area contributed by atoms with Crippen LogP contribution < -0.4 is 20.3 Å². The normalized spacial score (nSPS) is 16.5. The van der Waals surface area contributed by atoms with E-state index in [1.54, 1.807) is 36.3 Å². The average molecular weight is 361 g/mol. The summed E-state index contributed by atoms with van der Waals surface area (Å²) in [5.41, 5.74) is 0.832. The fourth-order valence-corrected chi connectivity index (χ4v) is 2.74. The molecule has 1 aliphatic heterocycles. The lowest BCUT2D eigenvalue weighted by atomic mass is 10.2. The summed E-state index contributed by atoms with van der Waals surface area (Å²) in [4.78, 5) is 25.8. The number of benzene rings is 2. The van der Waals surface area contributed by atoms with E-state index in [1.165, 1.54) is 6.07 Å². The summed E-state index contributed by atoms with van der Waals surface area (Å²) < 4.78 is 31.2. The van der Waals surface area contributed by atoms with Crippen LogP contribution in [0.4, 0.5) is 25.0 Å². The van der Waals surface area contributed by atoms with Crippen molar-refractivity contribution in [2.24, 2.45) is 0 Å². The van der Waals surface area contributed by atoms with Crippen LogP contribution in [0, 0.1) is 11.6 Å². The van der Waals surface area contributed by atoms with Gasteiger partial charge in [0.1, 0.15) is 5.75 Å². The van der Waals surface area contributed by atoms with Gasteiger partial charge in [0, 0.05) is 30.4 Å². The van der Waals surface area contributed by atoms with E-state index < -0.39 is 23.7 Å². The number of ether oxygens (including phenoxy) is 1. The second-order valence-electron chi connectivity index (χ2n) is 5.83. The standard InChI is InChI=1S/C18H17F2N3O3/c1-26-14-5-3-13(4-6-14)23-10-12(9-17(23)24)22-18(25)21-11-2-7-15(19)16(20)8-11/h2-8,12H,9-10H2,1H3,(H2,21,22,25)/t12-/m1/s1. The maximum Gasteiger partial charge on any atom is 0.319 e. The van der Waals surface area contributed by atoms with Crippen molar-refractivity contribution in [3.63, 3.8) is 0 Å². The lowest BCUT2D eigenvalue weighted by Crippen LogP contribution is -2.39. The summed E-state index contributed by atoms with van der Waals surface area (Å²) in [7, 11) is 1.56. The van der Waals surface area contributed by atoms with Crippen LogP contribution in [-0.2, 0) is 4.79 Å². The highest BCUT2D eigenvalue weighted by molar-refractivity contribution is 5.97. The molecule has 0 spiro atoms. The number of nitrogens with one attached hydrogen (secondary N) is 2. The van der Waals surface area contributed by atoms with E-state index in [4.69, 9.17) is 4.74 Å². The monoisotopic (exact) mass is 361 g/mol. The fraction of sp³-hybridized carbons (Fsp3) is 0.222. The number of carbonyl (C=O) groups is 2. The van der Waals surface area contributed by atoms with Crippen LogP contribution >= 0.6 is 0 Å². The maximum absolute atomic E-state index is 13.2. The average Bonchev–Trinajstić information content (AvgIpc) is 2.98. The van der Waals surface area contributed by atoms with Crippen LogP contribution in [0.2, 0.25) is 0 Å². The predicted octanol–water partition coefficient (Wildman–Crippen LogP) is 2.90. The molecule has 1 aliphatic rings. The number of urea groups is 1. The van der Waals surface area contributed by atoms with Gasteiger partial charge >= 0.3 is 6.03 Å². The molecule has 2 aromatic rings. The smallest absolute Gasteiger partial charge is 0.319 e. The molecule has 2 aromatic carbocycles. The van der Waals surface area contributed by atoms with Gasteiger partial charge in [0.2, 0.25) is 5.91 Å². The van der Waals surface area contributed by atoms with Crippen molar-refractivity contribution in [3.05, 3.63) is 54.1 Å². The number of halogens is 2. The number of carbonyl (C=O) groups excluding carboxylic acids is 2. The van der Waals surface area contributed by atoms with Crippen molar-refractivity contribution in [1.82, 2.24) is 5.32 Å². The Bertz CT molecular complexity index is 827. The number of methoxy groups -OCH3 is 1. The molecule has 0 aliphatic carbocycles. The number of rotatable bonds is 4. The Morgan fingerprint density at radius 2 is 1.88 bits per heavy atom. The molecule has 1 atom stereocenters. The van der Waals surface area contributed by atoms with E-state index in [0.29, 0.717) is 18.0 Å². The van der Waals surface area contributed by atoms with Gasteiger partial charge in [-0.05, 0) is 36.4 Å². The van der Waals surface area contributed by atoms with Gasteiger partial charge in [-0.25, -0.2) is 13.6 Å². The first-order chi connectivity index (χ1) is 12.5. The maximum atomic E-state index is 13.2. The largest absolute Gasteiger partial charge is 0.497 e. The van der Waals surface area contributed by atoms with Crippen molar-refractivity contribution in [3.8, 4) is 5.75 Å². The van der Waals surface area contributed by atoms with E-state index >= 15 is 0 Å². The molecule has 0 unspecified atom stereocenters. The summed E-state index contributed by atoms with van der Waals surface area (Å²) >= 11 is 0. The van der Waals surface area contributed by atoms with Crippen LogP contribution in [-0.4, -0.2) is 31.6 Å². The van der Waals surface area contributed by atoms with Crippen molar-refractivity contribution >= 4 is 23.3 Å². The van der Waals surface area contributed by atoms with Crippen molar-refractivity contribution in [1.29, 1.82) is 0 Å². The Balaban J connectivity index is 1.59. The van der Waals surface area contributed by atoms with Crippen LogP contribution in [0.25, 0.3) is 0 Å². The molecule has 0 radical (unpaired) electrons. The lowest BCUT2D eigenvalue weighted by molar-refractivity contribution is -0.117. The molecule has 136 valence electrons. The minimum Gasteiger partial charge on any atom is -0.497 e. The van der Waals surface area contributed by atoms with E-state index in [1.807, 2.05) is 0 Å². The Hall–Kier alpha value is -3.16. The zero-order valence-electron chi connectivity index (χ0n) is 14.0. The highest BCUT2D eigenvalue weighted by Gasteiger charge is 2.31. The van der Waals surface area contributed by atoms with E-state index in [9.17, 15) is 18.4 Å². The fourth-order valence-electron chi connectivity index (χ4n) is 2.74. The molecule has 3 amide bonds. The summed E-state index contributed by atoms with van der Waals surface area (Å²) in [6.07, 6.45) is 0.150. The highest BCUT2D eigenvalue weighted by Crippen LogP contribution is 2.24. The second kappa shape index (κ2) is 7.38. The second-order valence-corrected chi connectivity index (χ2v) is 5.83. The molecule has 1 fully saturated rings. The third-order valence-electron chi connectivity index (χ3n) is 4.02. The zero-order chi connectivity index (χ0) is 18.7. The summed E-state index contributed by atoms with van der Waals surface area (Å²) in [6.45, 7) is 0.316. The number of anilines is 2. The molecule has 1 heterocycles. The van der Waals surface area contributed by atoms with Crippen LogP contribution in [0.1, 0.15) is 6.42 Å². The van der Waals surface area contributed by atoms with Gasteiger partial charge in [0.05, 0.1) is 13.2 Å². The quantitative estimate of drug-likeness (QED) is 0.880. The van der Waals surface area contributed by atoms with Crippen LogP contribution in [0.15, 0.2) is 42.5 Å². The van der Waals surface area contributed by atoms with Crippen molar-refractivity contribution in [2.45, 2.75) is 12.5 Å². The minimum absolute atomic E-state index is 0.117. The van der Waals surface area contributed by atoms with Crippen molar-refractivity contribution < 1.29 is 23.1 Å². The molecule has 1 saturated heterocycles. The summed E-state index contributed by atoms with van der Waals surface area (Å²) in [5.74, 6) is -1.48. The molecule has 0 aromatic heterocycles. The Kier molecular flexibility index (Phi) is 5.01. The first-order valence-corrected chi connectivity index (χ1v) is 7.93. The molecule has 8 heteroatoms. The Labute approximate surface area is 148 Å². The Morgan fingerprint density at radius 3 is 2.54 bits per heavy atom. The first kappa shape index (κ1) is 17.7. The third kappa shape index (κ3) is 3.90.